The minimum Gasteiger partial charge on any atom is -0.369 e. The maximum atomic E-state index is 12.6. The Kier molecular flexibility index (Phi) is 6.69. The van der Waals surface area contributed by atoms with E-state index in [2.05, 4.69) is 20.6 Å². The number of nitrogens with zero attached hydrogens (tertiary/aromatic N) is 2. The molecule has 24 heavy (non-hydrogen) atoms. The third kappa shape index (κ3) is 5.01. The molecule has 0 aliphatic rings. The molecule has 2 aromatic rings. The maximum Gasteiger partial charge on any atom is 0.261 e. The SMILES string of the molecule is Cc1ccc(C(=O)Nc2nc(C)c(C)s2)c(NCCCCCN)n1. The Hall–Kier alpha value is -1.99. The Balaban J connectivity index is 2.06. The van der Waals surface area contributed by atoms with Crippen LogP contribution in [0.4, 0.5) is 10.9 Å². The second-order valence-corrected chi connectivity index (χ2v) is 6.94. The van der Waals surface area contributed by atoms with Crippen LogP contribution in [-0.4, -0.2) is 29.0 Å². The zero-order chi connectivity index (χ0) is 17.5. The van der Waals surface area contributed by atoms with Crippen LogP contribution in [0.5, 0.6) is 0 Å². The van der Waals surface area contributed by atoms with E-state index in [0.29, 0.717) is 23.1 Å². The van der Waals surface area contributed by atoms with Crippen LogP contribution in [0.2, 0.25) is 0 Å². The predicted molar refractivity (Wildman–Crippen MR) is 99.9 cm³/mol. The monoisotopic (exact) mass is 347 g/mol. The van der Waals surface area contributed by atoms with Gasteiger partial charge in [0, 0.05) is 17.1 Å². The first-order valence-electron chi connectivity index (χ1n) is 8.18. The number of unbranched alkanes of at least 4 members (excludes halogenated alkanes) is 2. The number of aryl methyl sites for hydroxylation is 3. The fraction of sp³-hybridized carbons (Fsp3) is 0.471. The van der Waals surface area contributed by atoms with Crippen molar-refractivity contribution in [3.63, 3.8) is 0 Å². The normalized spacial score (nSPS) is 10.7. The minimum atomic E-state index is -0.194. The summed E-state index contributed by atoms with van der Waals surface area (Å²) in [6.45, 7) is 7.32. The standard InChI is InChI=1S/C17H25N5OS/c1-11-7-8-14(15(20-11)19-10-6-4-5-9-18)16(23)22-17-21-12(2)13(3)24-17/h7-8H,4-6,9-10,18H2,1-3H3,(H,19,20)(H,21,22,23). The number of thiazole rings is 1. The van der Waals surface area contributed by atoms with E-state index in [1.54, 1.807) is 6.07 Å². The third-order valence-corrected chi connectivity index (χ3v) is 4.69. The lowest BCUT2D eigenvalue weighted by molar-refractivity contribution is 0.102. The van der Waals surface area contributed by atoms with E-state index in [4.69, 9.17) is 5.73 Å². The average molecular weight is 347 g/mol. The molecule has 0 aliphatic carbocycles. The number of aromatic nitrogens is 2. The van der Waals surface area contributed by atoms with Crippen LogP contribution < -0.4 is 16.4 Å². The Morgan fingerprint density at radius 1 is 1.17 bits per heavy atom. The lowest BCUT2D eigenvalue weighted by Crippen LogP contribution is -2.16. The van der Waals surface area contributed by atoms with E-state index < -0.39 is 0 Å². The van der Waals surface area contributed by atoms with Gasteiger partial charge in [-0.05, 0) is 52.3 Å². The highest BCUT2D eigenvalue weighted by molar-refractivity contribution is 7.15. The first-order chi connectivity index (χ1) is 11.5. The fourth-order valence-electron chi connectivity index (χ4n) is 2.22. The van der Waals surface area contributed by atoms with Gasteiger partial charge in [0.15, 0.2) is 5.13 Å². The molecule has 2 heterocycles. The number of nitrogens with two attached hydrogens (primary N) is 1. The van der Waals surface area contributed by atoms with Gasteiger partial charge in [-0.25, -0.2) is 9.97 Å². The van der Waals surface area contributed by atoms with Crippen molar-refractivity contribution in [2.75, 3.05) is 23.7 Å². The Morgan fingerprint density at radius 2 is 1.96 bits per heavy atom. The second kappa shape index (κ2) is 8.75. The predicted octanol–water partition coefficient (Wildman–Crippen LogP) is 3.26. The van der Waals surface area contributed by atoms with Crippen LogP contribution in [0.1, 0.15) is 45.9 Å². The van der Waals surface area contributed by atoms with Gasteiger partial charge in [-0.15, -0.1) is 11.3 Å². The molecule has 0 bridgehead atoms. The highest BCUT2D eigenvalue weighted by Gasteiger charge is 2.15. The molecule has 7 heteroatoms. The summed E-state index contributed by atoms with van der Waals surface area (Å²) in [4.78, 5) is 22.5. The van der Waals surface area contributed by atoms with Gasteiger partial charge in [0.2, 0.25) is 0 Å². The summed E-state index contributed by atoms with van der Waals surface area (Å²) in [6, 6.07) is 3.64. The number of rotatable bonds is 8. The van der Waals surface area contributed by atoms with Crippen molar-refractivity contribution in [1.29, 1.82) is 0 Å². The first-order valence-corrected chi connectivity index (χ1v) is 9.00. The fourth-order valence-corrected chi connectivity index (χ4v) is 3.03. The first kappa shape index (κ1) is 18.4. The number of hydrogen-bond donors (Lipinski definition) is 3. The number of pyridine rings is 1. The van der Waals surface area contributed by atoms with E-state index in [9.17, 15) is 4.79 Å². The third-order valence-electron chi connectivity index (χ3n) is 3.70. The second-order valence-electron chi connectivity index (χ2n) is 5.74. The summed E-state index contributed by atoms with van der Waals surface area (Å²) in [5, 5.41) is 6.74. The molecule has 0 unspecified atom stereocenters. The zero-order valence-corrected chi connectivity index (χ0v) is 15.3. The number of hydrogen-bond acceptors (Lipinski definition) is 6. The smallest absolute Gasteiger partial charge is 0.261 e. The van der Waals surface area contributed by atoms with Crippen molar-refractivity contribution < 1.29 is 4.79 Å². The molecule has 0 spiro atoms. The van der Waals surface area contributed by atoms with E-state index >= 15 is 0 Å². The molecule has 130 valence electrons. The number of nitrogens with one attached hydrogen (secondary N) is 2. The van der Waals surface area contributed by atoms with Gasteiger partial charge in [-0.1, -0.05) is 6.42 Å². The lowest BCUT2D eigenvalue weighted by Gasteiger charge is -2.11. The van der Waals surface area contributed by atoms with Gasteiger partial charge in [-0.2, -0.15) is 0 Å². The number of carbonyl (C=O) groups excluding carboxylic acids is 1. The molecular weight excluding hydrogens is 322 g/mol. The van der Waals surface area contributed by atoms with Crippen molar-refractivity contribution in [2.24, 2.45) is 5.73 Å². The molecule has 0 aliphatic heterocycles. The topological polar surface area (TPSA) is 92.9 Å². The maximum absolute atomic E-state index is 12.6. The van der Waals surface area contributed by atoms with E-state index in [1.807, 2.05) is 26.8 Å². The van der Waals surface area contributed by atoms with Gasteiger partial charge in [0.25, 0.3) is 5.91 Å². The number of carbonyl (C=O) groups is 1. The molecule has 0 saturated carbocycles. The van der Waals surface area contributed by atoms with Crippen LogP contribution in [0.25, 0.3) is 0 Å². The summed E-state index contributed by atoms with van der Waals surface area (Å²) >= 11 is 1.48. The van der Waals surface area contributed by atoms with Gasteiger partial charge in [0.05, 0.1) is 11.3 Å². The molecule has 4 N–H and O–H groups in total. The Labute approximate surface area is 146 Å². The zero-order valence-electron chi connectivity index (χ0n) is 14.5. The molecule has 6 nitrogen and oxygen atoms in total. The summed E-state index contributed by atoms with van der Waals surface area (Å²) in [6.07, 6.45) is 3.08. The van der Waals surface area contributed by atoms with Crippen LogP contribution in [0.15, 0.2) is 12.1 Å². The van der Waals surface area contributed by atoms with Crippen molar-refractivity contribution in [2.45, 2.75) is 40.0 Å². The van der Waals surface area contributed by atoms with Crippen LogP contribution in [-0.2, 0) is 0 Å². The highest BCUT2D eigenvalue weighted by atomic mass is 32.1. The van der Waals surface area contributed by atoms with Crippen LogP contribution >= 0.6 is 11.3 Å². The molecule has 2 aromatic heterocycles. The van der Waals surface area contributed by atoms with E-state index in [1.165, 1.54) is 11.3 Å². The molecule has 2 rings (SSSR count). The summed E-state index contributed by atoms with van der Waals surface area (Å²) in [7, 11) is 0. The largest absolute Gasteiger partial charge is 0.369 e. The Morgan fingerprint density at radius 3 is 2.62 bits per heavy atom. The van der Waals surface area contributed by atoms with Crippen LogP contribution in [0.3, 0.4) is 0 Å². The van der Waals surface area contributed by atoms with Crippen molar-refractivity contribution >= 4 is 28.2 Å². The quantitative estimate of drug-likeness (QED) is 0.637. The van der Waals surface area contributed by atoms with Crippen molar-refractivity contribution in [3.05, 3.63) is 34.0 Å². The number of anilines is 2. The molecular formula is C17H25N5OS. The van der Waals surface area contributed by atoms with Gasteiger partial charge >= 0.3 is 0 Å². The Bertz CT molecular complexity index is 679. The summed E-state index contributed by atoms with van der Waals surface area (Å²) < 4.78 is 0. The summed E-state index contributed by atoms with van der Waals surface area (Å²) in [5.74, 6) is 0.422. The van der Waals surface area contributed by atoms with E-state index in [0.717, 1.165) is 42.1 Å². The van der Waals surface area contributed by atoms with Crippen molar-refractivity contribution in [1.82, 2.24) is 9.97 Å². The molecule has 0 aromatic carbocycles. The molecule has 0 fully saturated rings. The molecule has 0 atom stereocenters. The minimum absolute atomic E-state index is 0.194. The van der Waals surface area contributed by atoms with Gasteiger partial charge in [0.1, 0.15) is 5.82 Å². The van der Waals surface area contributed by atoms with Crippen LogP contribution in [0, 0.1) is 20.8 Å². The lowest BCUT2D eigenvalue weighted by atomic mass is 10.2. The average Bonchev–Trinajstić information content (AvgIpc) is 2.85. The molecule has 1 amide bonds. The molecule has 0 saturated heterocycles. The highest BCUT2D eigenvalue weighted by Crippen LogP contribution is 2.23. The van der Waals surface area contributed by atoms with Gasteiger partial charge in [-0.3, -0.25) is 10.1 Å². The van der Waals surface area contributed by atoms with Gasteiger partial charge < -0.3 is 11.1 Å². The number of amides is 1. The van der Waals surface area contributed by atoms with E-state index in [-0.39, 0.29) is 5.91 Å². The van der Waals surface area contributed by atoms with Crippen molar-refractivity contribution in [3.8, 4) is 0 Å². The molecule has 0 radical (unpaired) electrons. The summed E-state index contributed by atoms with van der Waals surface area (Å²) in [5.41, 5.74) is 7.85.